The number of allylic oxidation sites excluding steroid dienone is 5. The van der Waals surface area contributed by atoms with E-state index in [2.05, 4.69) is 52.1 Å². The van der Waals surface area contributed by atoms with E-state index in [1.54, 1.807) is 0 Å². The molecule has 0 atom stereocenters. The third kappa shape index (κ3) is 4.78. The molecule has 1 aliphatic heterocycles. The molecule has 0 saturated carbocycles. The number of amides is 1. The van der Waals surface area contributed by atoms with E-state index in [1.165, 1.54) is 0 Å². The summed E-state index contributed by atoms with van der Waals surface area (Å²) < 4.78 is 0. The van der Waals surface area contributed by atoms with Crippen LogP contribution >= 0.6 is 11.6 Å². The van der Waals surface area contributed by atoms with Crippen molar-refractivity contribution in [1.29, 1.82) is 0 Å². The van der Waals surface area contributed by atoms with Crippen LogP contribution in [0.25, 0.3) is 0 Å². The van der Waals surface area contributed by atoms with E-state index in [0.29, 0.717) is 6.42 Å². The van der Waals surface area contributed by atoms with Crippen LogP contribution in [0.15, 0.2) is 63.4 Å². The summed E-state index contributed by atoms with van der Waals surface area (Å²) >= 11 is 6.10. The number of nitrogens with one attached hydrogen (secondary N) is 1. The molecular weight excluding hydrogens is 356 g/mol. The fraction of sp³-hybridized carbons (Fsp3) is 0.391. The maximum absolute atomic E-state index is 12.4. The Balaban J connectivity index is 1.80. The zero-order chi connectivity index (χ0) is 19.8. The third-order valence-electron chi connectivity index (χ3n) is 4.77. The molecule has 1 heterocycles. The normalized spacial score (nSPS) is 17.0. The Hall–Kier alpha value is -2.13. The summed E-state index contributed by atoms with van der Waals surface area (Å²) in [6.45, 7) is 10.4. The Morgan fingerprint density at radius 2 is 2.00 bits per heavy atom. The van der Waals surface area contributed by atoms with Crippen molar-refractivity contribution in [2.45, 2.75) is 53.9 Å². The molecule has 27 heavy (non-hydrogen) atoms. The van der Waals surface area contributed by atoms with E-state index >= 15 is 0 Å². The molecule has 1 amide bonds. The first-order chi connectivity index (χ1) is 12.6. The van der Waals surface area contributed by atoms with E-state index in [0.717, 1.165) is 57.3 Å². The van der Waals surface area contributed by atoms with Gasteiger partial charge in [-0.1, -0.05) is 44.5 Å². The van der Waals surface area contributed by atoms with Crippen LogP contribution in [-0.4, -0.2) is 11.6 Å². The summed E-state index contributed by atoms with van der Waals surface area (Å²) in [4.78, 5) is 17.3. The summed E-state index contributed by atoms with van der Waals surface area (Å²) in [7, 11) is 0. The largest absolute Gasteiger partial charge is 0.326 e. The smallest absolute Gasteiger partial charge is 0.224 e. The SMILES string of the molecule is CC1=C(NC(=O)CC(C)(C)C)C(C)=C2C=C(Cc3cccc(Cl)c3)N=C2C1. The van der Waals surface area contributed by atoms with Crippen LogP contribution in [0.3, 0.4) is 0 Å². The summed E-state index contributed by atoms with van der Waals surface area (Å²) in [6.07, 6.45) is 4.18. The Kier molecular flexibility index (Phi) is 5.43. The zero-order valence-electron chi connectivity index (χ0n) is 16.7. The second-order valence-corrected chi connectivity index (χ2v) is 9.09. The molecule has 1 aliphatic carbocycles. The second-order valence-electron chi connectivity index (χ2n) is 8.66. The van der Waals surface area contributed by atoms with Crippen LogP contribution in [0.4, 0.5) is 0 Å². The van der Waals surface area contributed by atoms with Crippen molar-refractivity contribution in [3.8, 4) is 0 Å². The molecule has 2 aliphatic rings. The summed E-state index contributed by atoms with van der Waals surface area (Å²) in [6, 6.07) is 7.89. The number of nitrogens with zero attached hydrogens (tertiary/aromatic N) is 1. The zero-order valence-corrected chi connectivity index (χ0v) is 17.5. The molecule has 1 aromatic rings. The Morgan fingerprint density at radius 1 is 1.26 bits per heavy atom. The van der Waals surface area contributed by atoms with Gasteiger partial charge in [0.1, 0.15) is 0 Å². The molecular formula is C23H27ClN2O. The van der Waals surface area contributed by atoms with Gasteiger partial charge in [0.2, 0.25) is 5.91 Å². The number of hydrogen-bond donors (Lipinski definition) is 1. The van der Waals surface area contributed by atoms with Crippen molar-refractivity contribution in [2.75, 3.05) is 0 Å². The fourth-order valence-electron chi connectivity index (χ4n) is 3.58. The molecule has 3 rings (SSSR count). The highest BCUT2D eigenvalue weighted by molar-refractivity contribution is 6.30. The molecule has 0 saturated heterocycles. The van der Waals surface area contributed by atoms with Crippen LogP contribution < -0.4 is 5.32 Å². The van der Waals surface area contributed by atoms with Gasteiger partial charge >= 0.3 is 0 Å². The Labute approximate surface area is 166 Å². The highest BCUT2D eigenvalue weighted by atomic mass is 35.5. The van der Waals surface area contributed by atoms with Crippen molar-refractivity contribution >= 4 is 23.2 Å². The van der Waals surface area contributed by atoms with Gasteiger partial charge < -0.3 is 5.32 Å². The van der Waals surface area contributed by atoms with Crippen molar-refractivity contribution in [3.63, 3.8) is 0 Å². The van der Waals surface area contributed by atoms with E-state index in [9.17, 15) is 4.79 Å². The molecule has 142 valence electrons. The van der Waals surface area contributed by atoms with Gasteiger partial charge in [-0.25, -0.2) is 0 Å². The van der Waals surface area contributed by atoms with Gasteiger partial charge in [-0.2, -0.15) is 0 Å². The van der Waals surface area contributed by atoms with Gasteiger partial charge in [-0.3, -0.25) is 9.79 Å². The van der Waals surface area contributed by atoms with Crippen LogP contribution in [0.5, 0.6) is 0 Å². The van der Waals surface area contributed by atoms with Crippen molar-refractivity contribution < 1.29 is 4.79 Å². The van der Waals surface area contributed by atoms with Crippen LogP contribution in [0, 0.1) is 5.41 Å². The number of rotatable bonds is 4. The number of fused-ring (bicyclic) bond motifs is 1. The first kappa shape index (κ1) is 19.6. The number of aliphatic imine (C=N–C) groups is 1. The highest BCUT2D eigenvalue weighted by Gasteiger charge is 2.26. The summed E-state index contributed by atoms with van der Waals surface area (Å²) in [5, 5.41) is 3.88. The molecule has 3 nitrogen and oxygen atoms in total. The second kappa shape index (κ2) is 7.47. The maximum Gasteiger partial charge on any atom is 0.224 e. The third-order valence-corrected chi connectivity index (χ3v) is 5.00. The molecule has 0 radical (unpaired) electrons. The minimum atomic E-state index is -0.0295. The van der Waals surface area contributed by atoms with Gasteiger partial charge in [0.05, 0.1) is 5.71 Å². The van der Waals surface area contributed by atoms with E-state index in [1.807, 2.05) is 18.2 Å². The van der Waals surface area contributed by atoms with Crippen molar-refractivity contribution in [1.82, 2.24) is 5.32 Å². The van der Waals surface area contributed by atoms with Crippen molar-refractivity contribution in [2.24, 2.45) is 10.4 Å². The molecule has 0 spiro atoms. The van der Waals surface area contributed by atoms with Crippen LogP contribution in [-0.2, 0) is 11.2 Å². The van der Waals surface area contributed by atoms with Gasteiger partial charge in [-0.15, -0.1) is 0 Å². The Bertz CT molecular complexity index is 911. The van der Waals surface area contributed by atoms with Crippen LogP contribution in [0.2, 0.25) is 5.02 Å². The maximum atomic E-state index is 12.4. The average Bonchev–Trinajstić information content (AvgIpc) is 2.92. The molecule has 0 unspecified atom stereocenters. The number of halogens is 1. The van der Waals surface area contributed by atoms with E-state index in [-0.39, 0.29) is 11.3 Å². The van der Waals surface area contributed by atoms with E-state index in [4.69, 9.17) is 16.6 Å². The predicted octanol–water partition coefficient (Wildman–Crippen LogP) is 5.77. The fourth-order valence-corrected chi connectivity index (χ4v) is 3.79. The van der Waals surface area contributed by atoms with E-state index < -0.39 is 0 Å². The standard InChI is InChI=1S/C23H27ClN2O/c1-14-9-20-19(15(2)22(14)26-21(27)13-23(3,4)5)12-18(25-20)11-16-7-6-8-17(24)10-16/h6-8,10,12H,9,11,13H2,1-5H3,(H,26,27). The molecule has 4 heteroatoms. The minimum Gasteiger partial charge on any atom is -0.326 e. The van der Waals surface area contributed by atoms with Crippen molar-refractivity contribution in [3.05, 3.63) is 69.0 Å². The van der Waals surface area contributed by atoms with Crippen LogP contribution in [0.1, 0.15) is 53.0 Å². The summed E-state index contributed by atoms with van der Waals surface area (Å²) in [5.74, 6) is 0.0679. The number of carbonyl (C=O) groups is 1. The first-order valence-corrected chi connectivity index (χ1v) is 9.74. The topological polar surface area (TPSA) is 41.5 Å². The monoisotopic (exact) mass is 382 g/mol. The highest BCUT2D eigenvalue weighted by Crippen LogP contribution is 2.34. The Morgan fingerprint density at radius 3 is 2.67 bits per heavy atom. The quantitative estimate of drug-likeness (QED) is 0.705. The average molecular weight is 383 g/mol. The predicted molar refractivity (Wildman–Crippen MR) is 113 cm³/mol. The molecule has 0 fully saturated rings. The number of benzene rings is 1. The lowest BCUT2D eigenvalue weighted by Crippen LogP contribution is -2.30. The van der Waals surface area contributed by atoms with Gasteiger partial charge in [0.15, 0.2) is 0 Å². The minimum absolute atomic E-state index is 0.0295. The lowest BCUT2D eigenvalue weighted by molar-refractivity contribution is -0.122. The first-order valence-electron chi connectivity index (χ1n) is 9.36. The van der Waals surface area contributed by atoms with Gasteiger partial charge in [0.25, 0.3) is 0 Å². The molecule has 1 N–H and O–H groups in total. The molecule has 1 aromatic carbocycles. The van der Waals surface area contributed by atoms with Gasteiger partial charge in [0, 0.05) is 41.3 Å². The summed E-state index contributed by atoms with van der Waals surface area (Å²) in [5.41, 5.74) is 7.61. The molecule has 0 aromatic heterocycles. The number of carbonyl (C=O) groups excluding carboxylic acids is 1. The lowest BCUT2D eigenvalue weighted by atomic mass is 9.88. The molecule has 0 bridgehead atoms. The van der Waals surface area contributed by atoms with Gasteiger partial charge in [-0.05, 0) is 54.2 Å². The number of hydrogen-bond acceptors (Lipinski definition) is 2. The lowest BCUT2D eigenvalue weighted by Gasteiger charge is -2.24.